The molecule has 0 spiro atoms. The molecule has 0 atom stereocenters. The Kier molecular flexibility index (Phi) is 4.33. The molecule has 0 aromatic heterocycles. The van der Waals surface area contributed by atoms with E-state index in [0.717, 1.165) is 24.8 Å². The van der Waals surface area contributed by atoms with Crippen molar-refractivity contribution < 1.29 is 10.2 Å². The van der Waals surface area contributed by atoms with Gasteiger partial charge in [0, 0.05) is 6.07 Å². The summed E-state index contributed by atoms with van der Waals surface area (Å²) >= 11 is 0. The van der Waals surface area contributed by atoms with Crippen molar-refractivity contribution in [1.29, 1.82) is 0 Å². The molecule has 0 fully saturated rings. The Hall–Kier alpha value is -1.96. The summed E-state index contributed by atoms with van der Waals surface area (Å²) in [5.74, 6) is 0.206. The van der Waals surface area contributed by atoms with Crippen LogP contribution in [-0.2, 0) is 19.3 Å². The number of phenols is 2. The van der Waals surface area contributed by atoms with Crippen molar-refractivity contribution in [3.8, 4) is 22.6 Å². The largest absolute Gasteiger partial charge is 0.508 e. The van der Waals surface area contributed by atoms with Crippen LogP contribution in [0.15, 0.2) is 30.3 Å². The van der Waals surface area contributed by atoms with Crippen molar-refractivity contribution in [2.24, 2.45) is 0 Å². The topological polar surface area (TPSA) is 40.5 Å². The smallest absolute Gasteiger partial charge is 0.119 e. The number of phenolic OH excluding ortho intramolecular Hbond substituents is 2. The Balaban J connectivity index is 2.75. The van der Waals surface area contributed by atoms with Gasteiger partial charge in [-0.05, 0) is 59.2 Å². The van der Waals surface area contributed by atoms with E-state index in [1.807, 2.05) is 0 Å². The third-order valence-corrected chi connectivity index (χ3v) is 3.80. The Morgan fingerprint density at radius 1 is 0.750 bits per heavy atom. The van der Waals surface area contributed by atoms with E-state index in [0.29, 0.717) is 0 Å². The predicted molar refractivity (Wildman–Crippen MR) is 83.3 cm³/mol. The van der Waals surface area contributed by atoms with Crippen LogP contribution in [-0.4, -0.2) is 10.2 Å². The summed E-state index contributed by atoms with van der Waals surface area (Å²) in [5, 5.41) is 19.5. The quantitative estimate of drug-likeness (QED) is 0.861. The van der Waals surface area contributed by atoms with Gasteiger partial charge in [-0.25, -0.2) is 0 Å². The van der Waals surface area contributed by atoms with E-state index in [2.05, 4.69) is 32.9 Å². The zero-order valence-corrected chi connectivity index (χ0v) is 12.4. The Morgan fingerprint density at radius 2 is 1.30 bits per heavy atom. The highest BCUT2D eigenvalue weighted by atomic mass is 16.3. The maximum Gasteiger partial charge on any atom is 0.119 e. The Labute approximate surface area is 120 Å². The third-order valence-electron chi connectivity index (χ3n) is 3.80. The highest BCUT2D eigenvalue weighted by molar-refractivity contribution is 5.75. The number of rotatable bonds is 4. The van der Waals surface area contributed by atoms with Gasteiger partial charge in [-0.3, -0.25) is 0 Å². The van der Waals surface area contributed by atoms with E-state index in [-0.39, 0.29) is 11.5 Å². The monoisotopic (exact) mass is 270 g/mol. The van der Waals surface area contributed by atoms with Crippen LogP contribution in [0.5, 0.6) is 11.5 Å². The van der Waals surface area contributed by atoms with Crippen molar-refractivity contribution >= 4 is 0 Å². The molecule has 0 amide bonds. The SMILES string of the molecule is CCc1ccc(CC)c(-c2cc(O)cc(O)c2)c1CC. The van der Waals surface area contributed by atoms with Gasteiger partial charge in [-0.2, -0.15) is 0 Å². The van der Waals surface area contributed by atoms with E-state index in [4.69, 9.17) is 0 Å². The van der Waals surface area contributed by atoms with Gasteiger partial charge in [0.15, 0.2) is 0 Å². The molecule has 0 radical (unpaired) electrons. The molecule has 2 nitrogen and oxygen atoms in total. The maximum atomic E-state index is 9.75. The number of hydrogen-bond acceptors (Lipinski definition) is 2. The van der Waals surface area contributed by atoms with Crippen LogP contribution in [0.3, 0.4) is 0 Å². The van der Waals surface area contributed by atoms with Gasteiger partial charge in [0.1, 0.15) is 11.5 Å². The molecule has 0 aliphatic carbocycles. The highest BCUT2D eigenvalue weighted by Gasteiger charge is 2.13. The Morgan fingerprint density at radius 3 is 1.80 bits per heavy atom. The molecule has 2 aromatic rings. The molecule has 2 rings (SSSR count). The fourth-order valence-corrected chi connectivity index (χ4v) is 2.87. The average molecular weight is 270 g/mol. The van der Waals surface area contributed by atoms with Gasteiger partial charge in [0.25, 0.3) is 0 Å². The molecule has 2 aromatic carbocycles. The fraction of sp³-hybridized carbons (Fsp3) is 0.333. The first-order chi connectivity index (χ1) is 9.60. The first-order valence-corrected chi connectivity index (χ1v) is 7.27. The lowest BCUT2D eigenvalue weighted by atomic mass is 9.87. The van der Waals surface area contributed by atoms with Crippen molar-refractivity contribution in [1.82, 2.24) is 0 Å². The molecular formula is C18H22O2. The van der Waals surface area contributed by atoms with Gasteiger partial charge in [0.05, 0.1) is 0 Å². The summed E-state index contributed by atoms with van der Waals surface area (Å²) in [6, 6.07) is 9.18. The summed E-state index contributed by atoms with van der Waals surface area (Å²) in [6.07, 6.45) is 2.87. The zero-order chi connectivity index (χ0) is 14.7. The van der Waals surface area contributed by atoms with Crippen molar-refractivity contribution in [3.63, 3.8) is 0 Å². The number of hydrogen-bond donors (Lipinski definition) is 2. The van der Waals surface area contributed by atoms with E-state index in [1.54, 1.807) is 12.1 Å². The standard InChI is InChI=1S/C18H22O2/c1-4-12-7-8-13(5-2)18(17(12)6-3)14-9-15(19)11-16(20)10-14/h7-11,19-20H,4-6H2,1-3H3. The zero-order valence-electron chi connectivity index (χ0n) is 12.4. The molecule has 0 aliphatic rings. The molecule has 0 saturated carbocycles. The lowest BCUT2D eigenvalue weighted by Crippen LogP contribution is -1.99. The van der Waals surface area contributed by atoms with Crippen LogP contribution in [0.1, 0.15) is 37.5 Å². The molecule has 0 heterocycles. The summed E-state index contributed by atoms with van der Waals surface area (Å²) in [6.45, 7) is 6.44. The number of benzene rings is 2. The minimum absolute atomic E-state index is 0.103. The van der Waals surface area contributed by atoms with Crippen molar-refractivity contribution in [3.05, 3.63) is 47.0 Å². The molecule has 106 valence electrons. The number of aryl methyl sites for hydroxylation is 2. The van der Waals surface area contributed by atoms with E-state index in [9.17, 15) is 10.2 Å². The number of aromatic hydroxyl groups is 2. The summed E-state index contributed by atoms with van der Waals surface area (Å²) < 4.78 is 0. The first-order valence-electron chi connectivity index (χ1n) is 7.27. The highest BCUT2D eigenvalue weighted by Crippen LogP contribution is 2.35. The Bertz CT molecular complexity index is 595. The van der Waals surface area contributed by atoms with Crippen LogP contribution in [0.2, 0.25) is 0 Å². The van der Waals surface area contributed by atoms with Crippen LogP contribution in [0.4, 0.5) is 0 Å². The van der Waals surface area contributed by atoms with Gasteiger partial charge < -0.3 is 10.2 Å². The van der Waals surface area contributed by atoms with Crippen molar-refractivity contribution in [2.75, 3.05) is 0 Å². The second kappa shape index (κ2) is 6.00. The molecular weight excluding hydrogens is 248 g/mol. The van der Waals surface area contributed by atoms with Gasteiger partial charge >= 0.3 is 0 Å². The predicted octanol–water partition coefficient (Wildman–Crippen LogP) is 4.45. The molecule has 0 saturated heterocycles. The van der Waals surface area contributed by atoms with Crippen LogP contribution < -0.4 is 0 Å². The van der Waals surface area contributed by atoms with E-state index in [1.165, 1.54) is 28.3 Å². The molecule has 0 unspecified atom stereocenters. The van der Waals surface area contributed by atoms with Gasteiger partial charge in [-0.15, -0.1) is 0 Å². The van der Waals surface area contributed by atoms with Gasteiger partial charge in [0.2, 0.25) is 0 Å². The van der Waals surface area contributed by atoms with E-state index >= 15 is 0 Å². The van der Waals surface area contributed by atoms with Crippen LogP contribution >= 0.6 is 0 Å². The summed E-state index contributed by atoms with van der Waals surface area (Å²) in [5.41, 5.74) is 5.97. The van der Waals surface area contributed by atoms with Crippen LogP contribution in [0.25, 0.3) is 11.1 Å². The maximum absolute atomic E-state index is 9.75. The molecule has 20 heavy (non-hydrogen) atoms. The minimum Gasteiger partial charge on any atom is -0.508 e. The molecule has 0 bridgehead atoms. The molecule has 0 aliphatic heterocycles. The third kappa shape index (κ3) is 2.64. The van der Waals surface area contributed by atoms with Crippen LogP contribution in [0, 0.1) is 0 Å². The normalized spacial score (nSPS) is 10.8. The fourth-order valence-electron chi connectivity index (χ4n) is 2.87. The van der Waals surface area contributed by atoms with Gasteiger partial charge in [-0.1, -0.05) is 32.9 Å². The lowest BCUT2D eigenvalue weighted by molar-refractivity contribution is 0.451. The van der Waals surface area contributed by atoms with E-state index < -0.39 is 0 Å². The second-order valence-electron chi connectivity index (χ2n) is 5.04. The minimum atomic E-state index is 0.103. The average Bonchev–Trinajstić information content (AvgIpc) is 2.44. The first kappa shape index (κ1) is 14.4. The second-order valence-corrected chi connectivity index (χ2v) is 5.04. The summed E-state index contributed by atoms with van der Waals surface area (Å²) in [4.78, 5) is 0. The van der Waals surface area contributed by atoms with Crippen molar-refractivity contribution in [2.45, 2.75) is 40.0 Å². The molecule has 2 heteroatoms. The lowest BCUT2D eigenvalue weighted by Gasteiger charge is -2.17. The summed E-state index contributed by atoms with van der Waals surface area (Å²) in [7, 11) is 0. The molecule has 2 N–H and O–H groups in total.